The van der Waals surface area contributed by atoms with Crippen molar-refractivity contribution in [3.63, 3.8) is 0 Å². The average Bonchev–Trinajstić information content (AvgIpc) is 2.37. The second-order valence-corrected chi connectivity index (χ2v) is 4.71. The third-order valence-corrected chi connectivity index (χ3v) is 2.80. The Morgan fingerprint density at radius 1 is 1.21 bits per heavy atom. The van der Waals surface area contributed by atoms with E-state index in [-0.39, 0.29) is 5.91 Å². The molecule has 0 aliphatic rings. The van der Waals surface area contributed by atoms with Crippen molar-refractivity contribution in [1.82, 2.24) is 20.2 Å². The normalized spacial score (nSPS) is 10.9. The Kier molecular flexibility index (Phi) is 4.06. The number of carbonyl (C=O) groups excluding carboxylic acids is 1. The first-order valence-electron chi connectivity index (χ1n) is 6.24. The van der Waals surface area contributed by atoms with E-state index in [1.54, 1.807) is 6.92 Å². The summed E-state index contributed by atoms with van der Waals surface area (Å²) in [5, 5.41) is 2.85. The van der Waals surface area contributed by atoms with Crippen molar-refractivity contribution < 1.29 is 4.79 Å². The lowest BCUT2D eigenvalue weighted by Crippen LogP contribution is -2.32. The molecule has 0 unspecified atom stereocenters. The third-order valence-electron chi connectivity index (χ3n) is 2.80. The van der Waals surface area contributed by atoms with Gasteiger partial charge in [0.2, 0.25) is 0 Å². The van der Waals surface area contributed by atoms with E-state index in [4.69, 9.17) is 0 Å². The minimum absolute atomic E-state index is 0.169. The van der Waals surface area contributed by atoms with Gasteiger partial charge in [-0.05, 0) is 33.2 Å². The summed E-state index contributed by atoms with van der Waals surface area (Å²) < 4.78 is 0. The maximum atomic E-state index is 12.1. The molecule has 0 bridgehead atoms. The first-order valence-corrected chi connectivity index (χ1v) is 6.24. The Labute approximate surface area is 112 Å². The van der Waals surface area contributed by atoms with Gasteiger partial charge in [0.1, 0.15) is 5.69 Å². The molecule has 0 aliphatic carbocycles. The van der Waals surface area contributed by atoms with Gasteiger partial charge in [-0.25, -0.2) is 9.97 Å². The lowest BCUT2D eigenvalue weighted by atomic mass is 10.2. The van der Waals surface area contributed by atoms with Crippen LogP contribution in [-0.2, 0) is 0 Å². The molecule has 2 rings (SSSR count). The van der Waals surface area contributed by atoms with Gasteiger partial charge in [-0.1, -0.05) is 12.1 Å². The average molecular weight is 258 g/mol. The van der Waals surface area contributed by atoms with Crippen LogP contribution in [0.2, 0.25) is 0 Å². The van der Waals surface area contributed by atoms with E-state index < -0.39 is 0 Å². The van der Waals surface area contributed by atoms with Gasteiger partial charge < -0.3 is 10.2 Å². The van der Waals surface area contributed by atoms with Gasteiger partial charge in [0, 0.05) is 13.1 Å². The van der Waals surface area contributed by atoms with Gasteiger partial charge in [0.25, 0.3) is 5.91 Å². The summed E-state index contributed by atoms with van der Waals surface area (Å²) in [6.45, 7) is 3.20. The number of nitrogens with zero attached hydrogens (tertiary/aromatic N) is 3. The van der Waals surface area contributed by atoms with Crippen molar-refractivity contribution >= 4 is 16.9 Å². The van der Waals surface area contributed by atoms with E-state index in [1.165, 1.54) is 0 Å². The van der Waals surface area contributed by atoms with Gasteiger partial charge in [-0.2, -0.15) is 0 Å². The van der Waals surface area contributed by atoms with Crippen LogP contribution in [-0.4, -0.2) is 48.0 Å². The number of rotatable bonds is 4. The number of aryl methyl sites for hydroxylation is 1. The highest BCUT2D eigenvalue weighted by molar-refractivity contribution is 5.95. The molecule has 0 aliphatic heterocycles. The van der Waals surface area contributed by atoms with E-state index in [9.17, 15) is 4.79 Å². The Balaban J connectivity index is 2.19. The predicted molar refractivity (Wildman–Crippen MR) is 75.2 cm³/mol. The van der Waals surface area contributed by atoms with Crippen molar-refractivity contribution in [3.05, 3.63) is 35.7 Å². The summed E-state index contributed by atoms with van der Waals surface area (Å²) in [7, 11) is 3.93. The van der Waals surface area contributed by atoms with Gasteiger partial charge >= 0.3 is 0 Å². The summed E-state index contributed by atoms with van der Waals surface area (Å²) in [4.78, 5) is 22.9. The number of hydrogen-bond donors (Lipinski definition) is 1. The van der Waals surface area contributed by atoms with E-state index in [0.29, 0.717) is 17.9 Å². The van der Waals surface area contributed by atoms with Crippen LogP contribution >= 0.6 is 0 Å². The number of carbonyl (C=O) groups is 1. The van der Waals surface area contributed by atoms with Crippen LogP contribution < -0.4 is 5.32 Å². The molecule has 19 heavy (non-hydrogen) atoms. The highest BCUT2D eigenvalue weighted by atomic mass is 16.1. The molecule has 0 atom stereocenters. The number of nitrogens with one attached hydrogen (secondary N) is 1. The monoisotopic (exact) mass is 258 g/mol. The highest BCUT2D eigenvalue weighted by Gasteiger charge is 2.12. The molecule has 0 saturated heterocycles. The van der Waals surface area contributed by atoms with Crippen molar-refractivity contribution in [2.45, 2.75) is 6.92 Å². The number of hydrogen-bond acceptors (Lipinski definition) is 4. The van der Waals surface area contributed by atoms with Crippen LogP contribution in [0.15, 0.2) is 24.3 Å². The molecule has 1 aromatic heterocycles. The quantitative estimate of drug-likeness (QED) is 0.896. The van der Waals surface area contributed by atoms with Gasteiger partial charge in [0.15, 0.2) is 0 Å². The summed E-state index contributed by atoms with van der Waals surface area (Å²) in [6.07, 6.45) is 0. The topological polar surface area (TPSA) is 58.1 Å². The van der Waals surface area contributed by atoms with Crippen molar-refractivity contribution in [3.8, 4) is 0 Å². The summed E-state index contributed by atoms with van der Waals surface area (Å²) >= 11 is 0. The molecule has 1 amide bonds. The van der Waals surface area contributed by atoms with E-state index >= 15 is 0 Å². The third kappa shape index (κ3) is 3.26. The summed E-state index contributed by atoms with van der Waals surface area (Å²) in [5.41, 5.74) is 2.61. The lowest BCUT2D eigenvalue weighted by molar-refractivity contribution is 0.0945. The zero-order chi connectivity index (χ0) is 13.8. The molecule has 100 valence electrons. The maximum Gasteiger partial charge on any atom is 0.271 e. The van der Waals surface area contributed by atoms with Gasteiger partial charge in [0.05, 0.1) is 16.7 Å². The van der Waals surface area contributed by atoms with Crippen molar-refractivity contribution in [2.24, 2.45) is 0 Å². The largest absolute Gasteiger partial charge is 0.349 e. The smallest absolute Gasteiger partial charge is 0.271 e. The number of benzene rings is 1. The fourth-order valence-electron chi connectivity index (χ4n) is 1.78. The molecule has 0 fully saturated rings. The van der Waals surface area contributed by atoms with E-state index in [2.05, 4.69) is 15.3 Å². The molecular formula is C14H18N4O. The van der Waals surface area contributed by atoms with E-state index in [1.807, 2.05) is 43.3 Å². The molecule has 0 radical (unpaired) electrons. The van der Waals surface area contributed by atoms with Gasteiger partial charge in [-0.3, -0.25) is 4.79 Å². The molecule has 5 nitrogen and oxygen atoms in total. The van der Waals surface area contributed by atoms with Crippen LogP contribution in [0, 0.1) is 6.92 Å². The first-order chi connectivity index (χ1) is 9.08. The Morgan fingerprint density at radius 2 is 1.84 bits per heavy atom. The molecule has 2 aromatic rings. The second kappa shape index (κ2) is 5.75. The fourth-order valence-corrected chi connectivity index (χ4v) is 1.78. The molecule has 1 aromatic carbocycles. The van der Waals surface area contributed by atoms with Crippen molar-refractivity contribution in [2.75, 3.05) is 27.2 Å². The van der Waals surface area contributed by atoms with Crippen molar-refractivity contribution in [1.29, 1.82) is 0 Å². The maximum absolute atomic E-state index is 12.1. The Hall–Kier alpha value is -2.01. The van der Waals surface area contributed by atoms with Crippen LogP contribution in [0.5, 0.6) is 0 Å². The molecule has 1 heterocycles. The number of likely N-dealkylation sites (N-methyl/N-ethyl adjacent to an activating group) is 1. The molecule has 0 saturated carbocycles. The number of amides is 1. The number of fused-ring (bicyclic) bond motifs is 1. The molecular weight excluding hydrogens is 240 g/mol. The zero-order valence-corrected chi connectivity index (χ0v) is 11.5. The zero-order valence-electron chi connectivity index (χ0n) is 11.5. The lowest BCUT2D eigenvalue weighted by Gasteiger charge is -2.11. The first kappa shape index (κ1) is 13.4. The molecule has 0 spiro atoms. The van der Waals surface area contributed by atoms with Crippen LogP contribution in [0.1, 0.15) is 16.2 Å². The summed E-state index contributed by atoms with van der Waals surface area (Å²) in [5.74, 6) is -0.169. The van der Waals surface area contributed by atoms with Crippen LogP contribution in [0.25, 0.3) is 11.0 Å². The number of aromatic nitrogens is 2. The fraction of sp³-hybridized carbons (Fsp3) is 0.357. The molecule has 1 N–H and O–H groups in total. The highest BCUT2D eigenvalue weighted by Crippen LogP contribution is 2.11. The molecule has 5 heteroatoms. The van der Waals surface area contributed by atoms with Crippen LogP contribution in [0.4, 0.5) is 0 Å². The standard InChI is InChI=1S/C14H18N4O/c1-10-13(14(19)15-8-9-18(2)3)17-12-7-5-4-6-11(12)16-10/h4-7H,8-9H2,1-3H3,(H,15,19). The van der Waals surface area contributed by atoms with Gasteiger partial charge in [-0.15, -0.1) is 0 Å². The Bertz CT molecular complexity index is 595. The minimum Gasteiger partial charge on any atom is -0.349 e. The SMILES string of the molecule is Cc1nc2ccccc2nc1C(=O)NCCN(C)C. The minimum atomic E-state index is -0.169. The Morgan fingerprint density at radius 3 is 2.47 bits per heavy atom. The second-order valence-electron chi connectivity index (χ2n) is 4.71. The van der Waals surface area contributed by atoms with Crippen LogP contribution in [0.3, 0.4) is 0 Å². The summed E-state index contributed by atoms with van der Waals surface area (Å²) in [6, 6.07) is 7.55. The predicted octanol–water partition coefficient (Wildman–Crippen LogP) is 1.23. The van der Waals surface area contributed by atoms with E-state index in [0.717, 1.165) is 17.6 Å². The number of para-hydroxylation sites is 2.